The maximum atomic E-state index is 13.4. The van der Waals surface area contributed by atoms with Crippen LogP contribution in [0.1, 0.15) is 49.4 Å². The summed E-state index contributed by atoms with van der Waals surface area (Å²) in [4.78, 5) is 42.3. The van der Waals surface area contributed by atoms with E-state index in [1.807, 2.05) is 52.3 Å². The Bertz CT molecular complexity index is 979. The molecule has 2 amide bonds. The van der Waals surface area contributed by atoms with Gasteiger partial charge < -0.3 is 14.5 Å². The maximum Gasteiger partial charge on any atom is 0.307 e. The lowest BCUT2D eigenvalue weighted by molar-refractivity contribution is -0.144. The number of carbonyl (C=O) groups is 3. The molecule has 1 unspecified atom stereocenters. The Morgan fingerprint density at radius 2 is 1.84 bits per heavy atom. The predicted molar refractivity (Wildman–Crippen MR) is 123 cm³/mol. The van der Waals surface area contributed by atoms with Gasteiger partial charge in [-0.3, -0.25) is 14.4 Å². The van der Waals surface area contributed by atoms with Gasteiger partial charge in [0, 0.05) is 31.7 Å². The Morgan fingerprint density at radius 3 is 2.62 bits per heavy atom. The molecule has 6 heteroatoms. The molecule has 1 atom stereocenters. The van der Waals surface area contributed by atoms with Gasteiger partial charge in [-0.25, -0.2) is 0 Å². The fourth-order valence-corrected chi connectivity index (χ4v) is 4.57. The third-order valence-corrected chi connectivity index (χ3v) is 6.46. The van der Waals surface area contributed by atoms with Gasteiger partial charge in [-0.1, -0.05) is 36.4 Å². The molecule has 0 radical (unpaired) electrons. The van der Waals surface area contributed by atoms with Crippen LogP contribution in [0, 0.1) is 11.8 Å². The number of piperidine rings is 1. The van der Waals surface area contributed by atoms with E-state index in [2.05, 4.69) is 0 Å². The van der Waals surface area contributed by atoms with Crippen LogP contribution in [0.5, 0.6) is 0 Å². The lowest BCUT2D eigenvalue weighted by Crippen LogP contribution is -2.47. The summed E-state index contributed by atoms with van der Waals surface area (Å²) in [6.07, 6.45) is 4.08. The van der Waals surface area contributed by atoms with Gasteiger partial charge in [-0.2, -0.15) is 0 Å². The van der Waals surface area contributed by atoms with Crippen LogP contribution in [0.25, 0.3) is 10.8 Å². The molecule has 170 valence electrons. The minimum Gasteiger partial charge on any atom is -0.466 e. The molecule has 2 aliphatic rings. The smallest absolute Gasteiger partial charge is 0.307 e. The first kappa shape index (κ1) is 22.3. The van der Waals surface area contributed by atoms with Crippen LogP contribution in [0.3, 0.4) is 0 Å². The molecule has 2 aromatic carbocycles. The van der Waals surface area contributed by atoms with E-state index in [-0.39, 0.29) is 30.1 Å². The highest BCUT2D eigenvalue weighted by atomic mass is 16.5. The number of amides is 2. The first-order valence-corrected chi connectivity index (χ1v) is 11.8. The zero-order chi connectivity index (χ0) is 22.5. The predicted octanol–water partition coefficient (Wildman–Crippen LogP) is 3.88. The highest BCUT2D eigenvalue weighted by Crippen LogP contribution is 2.31. The highest BCUT2D eigenvalue weighted by molar-refractivity contribution is 6.07. The van der Waals surface area contributed by atoms with Gasteiger partial charge in [0.1, 0.15) is 0 Å². The Labute approximate surface area is 189 Å². The van der Waals surface area contributed by atoms with Crippen LogP contribution >= 0.6 is 0 Å². The van der Waals surface area contributed by atoms with Gasteiger partial charge in [0.15, 0.2) is 0 Å². The quantitative estimate of drug-likeness (QED) is 0.589. The summed E-state index contributed by atoms with van der Waals surface area (Å²) in [5.74, 6) is 0.107. The summed E-state index contributed by atoms with van der Waals surface area (Å²) in [6.45, 7) is 4.32. The van der Waals surface area contributed by atoms with Crippen molar-refractivity contribution in [1.29, 1.82) is 0 Å². The monoisotopic (exact) mass is 436 g/mol. The average Bonchev–Trinajstić information content (AvgIpc) is 3.65. The van der Waals surface area contributed by atoms with Crippen molar-refractivity contribution in [3.05, 3.63) is 48.0 Å². The largest absolute Gasteiger partial charge is 0.466 e. The van der Waals surface area contributed by atoms with Crippen molar-refractivity contribution in [3.8, 4) is 0 Å². The van der Waals surface area contributed by atoms with Crippen LogP contribution in [0.2, 0.25) is 0 Å². The summed E-state index contributed by atoms with van der Waals surface area (Å²) < 4.78 is 5.04. The van der Waals surface area contributed by atoms with E-state index in [1.54, 1.807) is 6.92 Å². The van der Waals surface area contributed by atoms with Crippen molar-refractivity contribution < 1.29 is 19.1 Å². The van der Waals surface area contributed by atoms with E-state index in [1.165, 1.54) is 0 Å². The summed E-state index contributed by atoms with van der Waals surface area (Å²) in [5.41, 5.74) is 0.688. The number of fused-ring (bicyclic) bond motifs is 1. The van der Waals surface area contributed by atoms with Gasteiger partial charge >= 0.3 is 5.97 Å². The molecule has 4 rings (SSSR count). The molecule has 1 saturated carbocycles. The maximum absolute atomic E-state index is 13.4. The Kier molecular flexibility index (Phi) is 7.08. The van der Waals surface area contributed by atoms with E-state index in [4.69, 9.17) is 4.74 Å². The molecular weight excluding hydrogens is 404 g/mol. The molecule has 0 aromatic heterocycles. The second-order valence-electron chi connectivity index (χ2n) is 8.90. The van der Waals surface area contributed by atoms with Crippen molar-refractivity contribution in [2.24, 2.45) is 11.8 Å². The topological polar surface area (TPSA) is 66.9 Å². The number of esters is 1. The van der Waals surface area contributed by atoms with E-state index in [0.717, 1.165) is 36.5 Å². The Hall–Kier alpha value is -2.89. The zero-order valence-corrected chi connectivity index (χ0v) is 18.8. The SMILES string of the molecule is CCOC(=O)CCN(CC1CC1)C(=O)C1CCCN(C(=O)c2cccc3ccccc23)C1. The molecule has 1 aliphatic carbocycles. The van der Waals surface area contributed by atoms with Crippen molar-refractivity contribution >= 4 is 28.6 Å². The summed E-state index contributed by atoms with van der Waals surface area (Å²) in [5, 5.41) is 1.98. The molecule has 1 saturated heterocycles. The van der Waals surface area contributed by atoms with Crippen LogP contribution in [-0.4, -0.2) is 60.4 Å². The molecular formula is C26H32N2O4. The number of hydrogen-bond donors (Lipinski definition) is 0. The average molecular weight is 437 g/mol. The van der Waals surface area contributed by atoms with Crippen LogP contribution in [0.15, 0.2) is 42.5 Å². The number of hydrogen-bond acceptors (Lipinski definition) is 4. The van der Waals surface area contributed by atoms with E-state index in [0.29, 0.717) is 44.3 Å². The highest BCUT2D eigenvalue weighted by Gasteiger charge is 2.34. The molecule has 1 heterocycles. The number of rotatable bonds is 8. The van der Waals surface area contributed by atoms with E-state index >= 15 is 0 Å². The minimum atomic E-state index is -0.266. The summed E-state index contributed by atoms with van der Waals surface area (Å²) in [6, 6.07) is 13.7. The molecule has 32 heavy (non-hydrogen) atoms. The third-order valence-electron chi connectivity index (χ3n) is 6.46. The lowest BCUT2D eigenvalue weighted by atomic mass is 9.95. The normalized spacial score (nSPS) is 18.4. The lowest BCUT2D eigenvalue weighted by Gasteiger charge is -2.35. The summed E-state index contributed by atoms with van der Waals surface area (Å²) in [7, 11) is 0. The van der Waals surface area contributed by atoms with Gasteiger partial charge in [-0.15, -0.1) is 0 Å². The van der Waals surface area contributed by atoms with Crippen LogP contribution in [0.4, 0.5) is 0 Å². The fraction of sp³-hybridized carbons (Fsp3) is 0.500. The van der Waals surface area contributed by atoms with Crippen LogP contribution < -0.4 is 0 Å². The fourth-order valence-electron chi connectivity index (χ4n) is 4.57. The first-order valence-electron chi connectivity index (χ1n) is 11.8. The van der Waals surface area contributed by atoms with E-state index in [9.17, 15) is 14.4 Å². The zero-order valence-electron chi connectivity index (χ0n) is 18.8. The van der Waals surface area contributed by atoms with Crippen LogP contribution in [-0.2, 0) is 14.3 Å². The second kappa shape index (κ2) is 10.2. The third kappa shape index (κ3) is 5.29. The van der Waals surface area contributed by atoms with Gasteiger partial charge in [0.05, 0.1) is 18.9 Å². The minimum absolute atomic E-state index is 0.0143. The standard InChI is InChI=1S/C26H32N2O4/c1-2-32-24(29)14-16-28(17-19-12-13-19)25(30)21-9-6-15-27(18-21)26(31)23-11-5-8-20-7-3-4-10-22(20)23/h3-5,7-8,10-11,19,21H,2,6,9,12-18H2,1H3. The van der Waals surface area contributed by atoms with Crippen molar-refractivity contribution in [2.45, 2.75) is 39.0 Å². The Balaban J connectivity index is 1.45. The molecule has 2 fully saturated rings. The molecule has 0 N–H and O–H groups in total. The molecule has 0 bridgehead atoms. The second-order valence-corrected chi connectivity index (χ2v) is 8.90. The Morgan fingerprint density at radius 1 is 1.06 bits per heavy atom. The van der Waals surface area contributed by atoms with Gasteiger partial charge in [0.2, 0.25) is 5.91 Å². The van der Waals surface area contributed by atoms with E-state index < -0.39 is 0 Å². The van der Waals surface area contributed by atoms with Gasteiger partial charge in [-0.05, 0) is 55.4 Å². The number of ether oxygens (including phenoxy) is 1. The number of likely N-dealkylation sites (tertiary alicyclic amines) is 1. The van der Waals surface area contributed by atoms with Crippen molar-refractivity contribution in [1.82, 2.24) is 9.80 Å². The van der Waals surface area contributed by atoms with Crippen molar-refractivity contribution in [3.63, 3.8) is 0 Å². The molecule has 1 aliphatic heterocycles. The first-order chi connectivity index (χ1) is 15.6. The number of benzene rings is 2. The molecule has 0 spiro atoms. The number of nitrogens with zero attached hydrogens (tertiary/aromatic N) is 2. The summed E-state index contributed by atoms with van der Waals surface area (Å²) >= 11 is 0. The molecule has 6 nitrogen and oxygen atoms in total. The van der Waals surface area contributed by atoms with Gasteiger partial charge in [0.25, 0.3) is 5.91 Å². The number of carbonyl (C=O) groups excluding carboxylic acids is 3. The van der Waals surface area contributed by atoms with Crippen molar-refractivity contribution in [2.75, 3.05) is 32.8 Å². The molecule has 2 aromatic rings.